The van der Waals surface area contributed by atoms with Crippen LogP contribution in [0.5, 0.6) is 0 Å². The zero-order valence-electron chi connectivity index (χ0n) is 22.5. The van der Waals surface area contributed by atoms with E-state index in [-0.39, 0.29) is 41.0 Å². The molecule has 0 heterocycles. The second-order valence-electron chi connectivity index (χ2n) is 11.2. The zero-order valence-corrected chi connectivity index (χ0v) is 23.5. The summed E-state index contributed by atoms with van der Waals surface area (Å²) in [6.07, 6.45) is 9.13. The first-order chi connectivity index (χ1) is 15.8. The number of hydrogen-bond acceptors (Lipinski definition) is 6. The lowest BCUT2D eigenvalue weighted by molar-refractivity contribution is -0.140. The molecule has 0 aromatic rings. The van der Waals surface area contributed by atoms with Crippen molar-refractivity contribution in [3.05, 3.63) is 12.2 Å². The van der Waals surface area contributed by atoms with Crippen molar-refractivity contribution in [3.8, 4) is 0 Å². The molecule has 1 N–H and O–H groups in total. The highest BCUT2D eigenvalue weighted by molar-refractivity contribution is 6.74. The van der Waals surface area contributed by atoms with Gasteiger partial charge in [0.15, 0.2) is 8.32 Å². The van der Waals surface area contributed by atoms with Gasteiger partial charge in [-0.1, -0.05) is 59.1 Å². The van der Waals surface area contributed by atoms with E-state index in [1.54, 1.807) is 6.08 Å². The fourth-order valence-corrected chi connectivity index (χ4v) is 5.49. The Hall–Kier alpha value is -1.31. The minimum absolute atomic E-state index is 0.0114. The molecule has 34 heavy (non-hydrogen) atoms. The molecule has 0 radical (unpaired) electrons. The van der Waals surface area contributed by atoms with Gasteiger partial charge in [-0.3, -0.25) is 14.4 Å². The number of unbranched alkanes of at least 4 members (excludes halogenated alkanes) is 3. The quantitative estimate of drug-likeness (QED) is 0.134. The van der Waals surface area contributed by atoms with Crippen LogP contribution < -0.4 is 0 Å². The maximum absolute atomic E-state index is 13.0. The molecule has 4 atom stereocenters. The summed E-state index contributed by atoms with van der Waals surface area (Å²) in [5.74, 6) is -0.782. The number of methoxy groups -OCH3 is 1. The second kappa shape index (κ2) is 14.3. The molecule has 6 nitrogen and oxygen atoms in total. The van der Waals surface area contributed by atoms with Gasteiger partial charge in [0, 0.05) is 37.5 Å². The number of carbonyl (C=O) groups is 3. The number of esters is 1. The molecule has 0 aliphatic heterocycles. The Morgan fingerprint density at radius 2 is 1.79 bits per heavy atom. The fraction of sp³-hybridized carbons (Fsp3) is 0.815. The lowest BCUT2D eigenvalue weighted by Crippen LogP contribution is -2.45. The monoisotopic (exact) mass is 496 g/mol. The number of Topliss-reactive ketones (excluding diaryl/α,β-unsaturated/α-hetero) is 2. The molecule has 0 bridgehead atoms. The van der Waals surface area contributed by atoms with Gasteiger partial charge in [0.05, 0.1) is 19.3 Å². The Kier molecular flexibility index (Phi) is 12.9. The molecule has 196 valence electrons. The Balaban J connectivity index is 2.91. The molecule has 1 aliphatic rings. The van der Waals surface area contributed by atoms with Gasteiger partial charge in [-0.15, -0.1) is 0 Å². The maximum atomic E-state index is 13.0. The smallest absolute Gasteiger partial charge is 0.305 e. The molecule has 1 aliphatic carbocycles. The summed E-state index contributed by atoms with van der Waals surface area (Å²) in [5.41, 5.74) is 0. The van der Waals surface area contributed by atoms with E-state index < -0.39 is 20.3 Å². The first kappa shape index (κ1) is 30.7. The van der Waals surface area contributed by atoms with Crippen molar-refractivity contribution in [2.75, 3.05) is 7.11 Å². The Bertz CT molecular complexity index is 694. The van der Waals surface area contributed by atoms with E-state index in [9.17, 15) is 19.5 Å². The normalized spacial score (nSPS) is 22.4. The molecule has 0 aromatic heterocycles. The van der Waals surface area contributed by atoms with Crippen molar-refractivity contribution in [1.82, 2.24) is 0 Å². The minimum Gasteiger partial charge on any atom is -0.469 e. The summed E-state index contributed by atoms with van der Waals surface area (Å²) in [6.45, 7) is 13.0. The summed E-state index contributed by atoms with van der Waals surface area (Å²) in [6, 6.07) is 0. The van der Waals surface area contributed by atoms with Crippen LogP contribution in [0.3, 0.4) is 0 Å². The van der Waals surface area contributed by atoms with Gasteiger partial charge < -0.3 is 14.3 Å². The predicted octanol–water partition coefficient (Wildman–Crippen LogP) is 5.77. The summed E-state index contributed by atoms with van der Waals surface area (Å²) in [5, 5.41) is 10.4. The van der Waals surface area contributed by atoms with E-state index in [0.717, 1.165) is 19.3 Å². The standard InChI is InChI=1S/C27H48O6Si/c1-8-9-10-13-20(28)16-17-22-23(18-21(29)14-11-12-15-26(31)32-5)24(30)19-25(22)33-34(6,7)27(2,3)4/h16-17,20,22-23,25,28H,8-15,18-19H2,1-7H3/b17-16+/t20?,22-,23-,25?/m1/s1. The SMILES string of the molecule is CCCCCC(O)/C=C/[C@H]1C(O[Si](C)(C)C(C)(C)C)CC(=O)[C@@H]1CC(=O)CCCCC(=O)OC. The van der Waals surface area contributed by atoms with E-state index in [2.05, 4.69) is 45.5 Å². The molecule has 0 spiro atoms. The maximum Gasteiger partial charge on any atom is 0.305 e. The molecule has 7 heteroatoms. The molecule has 0 amide bonds. The van der Waals surface area contributed by atoms with Gasteiger partial charge in [-0.2, -0.15) is 0 Å². The van der Waals surface area contributed by atoms with Crippen LogP contribution in [0.1, 0.15) is 91.9 Å². The van der Waals surface area contributed by atoms with Gasteiger partial charge in [0.25, 0.3) is 0 Å². The highest BCUT2D eigenvalue weighted by Crippen LogP contribution is 2.43. The number of rotatable bonds is 15. The van der Waals surface area contributed by atoms with Crippen LogP contribution >= 0.6 is 0 Å². The van der Waals surface area contributed by atoms with Crippen LogP contribution in [0.4, 0.5) is 0 Å². The van der Waals surface area contributed by atoms with Gasteiger partial charge >= 0.3 is 5.97 Å². The van der Waals surface area contributed by atoms with E-state index in [1.165, 1.54) is 7.11 Å². The van der Waals surface area contributed by atoms with Crippen LogP contribution in [-0.2, 0) is 23.5 Å². The summed E-state index contributed by atoms with van der Waals surface area (Å²) in [4.78, 5) is 37.0. The van der Waals surface area contributed by atoms with Crippen molar-refractivity contribution < 1.29 is 28.7 Å². The third kappa shape index (κ3) is 10.1. The topological polar surface area (TPSA) is 89.9 Å². The summed E-state index contributed by atoms with van der Waals surface area (Å²) < 4.78 is 11.3. The lowest BCUT2D eigenvalue weighted by atomic mass is 9.88. The highest BCUT2D eigenvalue weighted by Gasteiger charge is 2.47. The fourth-order valence-electron chi connectivity index (χ4n) is 4.14. The Labute approximate surface area is 208 Å². The largest absolute Gasteiger partial charge is 0.469 e. The third-order valence-electron chi connectivity index (χ3n) is 7.38. The van der Waals surface area contributed by atoms with Crippen LogP contribution in [0, 0.1) is 11.8 Å². The number of aliphatic hydroxyl groups is 1. The van der Waals surface area contributed by atoms with Gasteiger partial charge in [-0.05, 0) is 37.4 Å². The number of hydrogen-bond donors (Lipinski definition) is 1. The minimum atomic E-state index is -2.11. The van der Waals surface area contributed by atoms with Crippen molar-refractivity contribution in [2.45, 2.75) is 122 Å². The van der Waals surface area contributed by atoms with Crippen molar-refractivity contribution in [1.29, 1.82) is 0 Å². The van der Waals surface area contributed by atoms with Crippen LogP contribution in [-0.4, -0.2) is 50.3 Å². The van der Waals surface area contributed by atoms with Gasteiger partial charge in [0.2, 0.25) is 0 Å². The van der Waals surface area contributed by atoms with Crippen molar-refractivity contribution in [3.63, 3.8) is 0 Å². The molecule has 1 fully saturated rings. The summed E-state index contributed by atoms with van der Waals surface area (Å²) >= 11 is 0. The Morgan fingerprint density at radius 1 is 1.15 bits per heavy atom. The van der Waals surface area contributed by atoms with Gasteiger partial charge in [0.1, 0.15) is 11.6 Å². The van der Waals surface area contributed by atoms with Crippen LogP contribution in [0.15, 0.2) is 12.2 Å². The number of ether oxygens (including phenoxy) is 1. The number of ketones is 2. The molecule has 2 unspecified atom stereocenters. The lowest BCUT2D eigenvalue weighted by Gasteiger charge is -2.39. The highest BCUT2D eigenvalue weighted by atomic mass is 28.4. The van der Waals surface area contributed by atoms with E-state index in [4.69, 9.17) is 4.43 Å². The van der Waals surface area contributed by atoms with E-state index >= 15 is 0 Å². The predicted molar refractivity (Wildman–Crippen MR) is 138 cm³/mol. The van der Waals surface area contributed by atoms with Crippen molar-refractivity contribution in [2.24, 2.45) is 11.8 Å². The molecular weight excluding hydrogens is 448 g/mol. The molecule has 0 aromatic carbocycles. The van der Waals surface area contributed by atoms with Crippen molar-refractivity contribution >= 4 is 25.9 Å². The van der Waals surface area contributed by atoms with E-state index in [1.807, 2.05) is 6.08 Å². The van der Waals surface area contributed by atoms with Crippen LogP contribution in [0.2, 0.25) is 18.1 Å². The average Bonchev–Trinajstić information content (AvgIpc) is 3.02. The first-order valence-electron chi connectivity index (χ1n) is 13.0. The third-order valence-corrected chi connectivity index (χ3v) is 11.9. The van der Waals surface area contributed by atoms with E-state index in [0.29, 0.717) is 38.5 Å². The van der Waals surface area contributed by atoms with Gasteiger partial charge in [-0.25, -0.2) is 0 Å². The first-order valence-corrected chi connectivity index (χ1v) is 15.9. The molecule has 1 rings (SSSR count). The Morgan fingerprint density at radius 3 is 2.38 bits per heavy atom. The summed E-state index contributed by atoms with van der Waals surface area (Å²) in [7, 11) is -0.754. The molecular formula is C27H48O6Si. The number of carbonyl (C=O) groups excluding carboxylic acids is 3. The average molecular weight is 497 g/mol. The second-order valence-corrected chi connectivity index (χ2v) is 16.0. The zero-order chi connectivity index (χ0) is 25.9. The number of aliphatic hydroxyl groups excluding tert-OH is 1. The van der Waals surface area contributed by atoms with Crippen LogP contribution in [0.25, 0.3) is 0 Å². The molecule has 1 saturated carbocycles. The molecule has 0 saturated heterocycles.